The normalized spacial score (nSPS) is 11.4. The summed E-state index contributed by atoms with van der Waals surface area (Å²) < 4.78 is 0. The molecular weight excluding hydrogens is 208 g/mol. The van der Waals surface area contributed by atoms with Crippen LogP contribution in [0.15, 0.2) is 48.5 Å². The molecule has 2 aromatic carbocycles. The molecular formula is C15H16N2. The summed E-state index contributed by atoms with van der Waals surface area (Å²) in [5.74, 6) is 0. The molecule has 0 aliphatic rings. The molecule has 2 radical (unpaired) electrons. The van der Waals surface area contributed by atoms with Gasteiger partial charge in [0.25, 0.3) is 0 Å². The van der Waals surface area contributed by atoms with Crippen LogP contribution in [0.2, 0.25) is 0 Å². The Hall–Kier alpha value is -1.96. The third kappa shape index (κ3) is 2.26. The van der Waals surface area contributed by atoms with Crippen molar-refractivity contribution >= 4 is 11.4 Å². The van der Waals surface area contributed by atoms with E-state index >= 15 is 0 Å². The number of anilines is 2. The van der Waals surface area contributed by atoms with Gasteiger partial charge in [0.2, 0.25) is 0 Å². The van der Waals surface area contributed by atoms with E-state index in [1.807, 2.05) is 55.5 Å². The third-order valence-electron chi connectivity index (χ3n) is 3.02. The lowest BCUT2D eigenvalue weighted by Crippen LogP contribution is -2.19. The maximum absolute atomic E-state index is 6.38. The highest BCUT2D eigenvalue weighted by atomic mass is 14.5. The molecule has 17 heavy (non-hydrogen) atoms. The zero-order valence-electron chi connectivity index (χ0n) is 9.85. The Bertz CT molecular complexity index is 448. The van der Waals surface area contributed by atoms with Crippen molar-refractivity contribution in [2.24, 2.45) is 0 Å². The van der Waals surface area contributed by atoms with Gasteiger partial charge in [-0.15, -0.1) is 0 Å². The number of hydrogen-bond donors (Lipinski definition) is 2. The van der Waals surface area contributed by atoms with Crippen molar-refractivity contribution in [2.75, 3.05) is 11.5 Å². The molecule has 0 heterocycles. The topological polar surface area (TPSA) is 52.0 Å². The van der Waals surface area contributed by atoms with Crippen molar-refractivity contribution in [2.45, 2.75) is 12.3 Å². The van der Waals surface area contributed by atoms with Gasteiger partial charge < -0.3 is 11.5 Å². The molecule has 0 spiro atoms. The van der Waals surface area contributed by atoms with Gasteiger partial charge in [0, 0.05) is 16.8 Å². The molecule has 4 N–H and O–H groups in total. The van der Waals surface area contributed by atoms with Crippen LogP contribution in [-0.2, 0) is 5.41 Å². The quantitative estimate of drug-likeness (QED) is 0.771. The van der Waals surface area contributed by atoms with Gasteiger partial charge in [0.15, 0.2) is 0 Å². The standard InChI is InChI=1S/C15H16N2/c1-15(2,11-3-7-13(16)8-4-11)12-5-9-14(17)10-6-12/h1,3-10H,16-17H2,2H3. The molecule has 0 saturated heterocycles. The van der Waals surface area contributed by atoms with Crippen LogP contribution in [0.1, 0.15) is 18.1 Å². The van der Waals surface area contributed by atoms with Gasteiger partial charge in [-0.25, -0.2) is 0 Å². The lowest BCUT2D eigenvalue weighted by molar-refractivity contribution is 0.719. The predicted molar refractivity (Wildman–Crippen MR) is 72.5 cm³/mol. The molecule has 2 nitrogen and oxygen atoms in total. The molecule has 0 saturated carbocycles. The van der Waals surface area contributed by atoms with E-state index < -0.39 is 5.41 Å². The molecule has 0 unspecified atom stereocenters. The summed E-state index contributed by atoms with van der Waals surface area (Å²) in [6.45, 7) is 8.35. The Balaban J connectivity index is 2.41. The first kappa shape index (κ1) is 11.5. The Kier molecular flexibility index (Phi) is 2.80. The monoisotopic (exact) mass is 224 g/mol. The molecule has 2 rings (SSSR count). The fourth-order valence-electron chi connectivity index (χ4n) is 1.83. The second-order valence-electron chi connectivity index (χ2n) is 4.45. The minimum Gasteiger partial charge on any atom is -0.399 e. The molecule has 86 valence electrons. The number of nitrogen functional groups attached to an aromatic ring is 2. The summed E-state index contributed by atoms with van der Waals surface area (Å²) >= 11 is 0. The summed E-state index contributed by atoms with van der Waals surface area (Å²) in [4.78, 5) is 0. The average molecular weight is 224 g/mol. The number of nitrogens with two attached hydrogens (primary N) is 2. The first-order chi connectivity index (χ1) is 8.00. The average Bonchev–Trinajstić information content (AvgIpc) is 2.30. The number of hydrogen-bond acceptors (Lipinski definition) is 2. The minimum atomic E-state index is -0.540. The molecule has 0 bridgehead atoms. The maximum Gasteiger partial charge on any atom is 0.0314 e. The zero-order chi connectivity index (χ0) is 12.5. The second-order valence-corrected chi connectivity index (χ2v) is 4.45. The van der Waals surface area contributed by atoms with Crippen molar-refractivity contribution < 1.29 is 0 Å². The van der Waals surface area contributed by atoms with Crippen molar-refractivity contribution in [3.8, 4) is 0 Å². The first-order valence-corrected chi connectivity index (χ1v) is 5.51. The Labute approximate surface area is 102 Å². The van der Waals surface area contributed by atoms with E-state index in [-0.39, 0.29) is 0 Å². The van der Waals surface area contributed by atoms with Crippen LogP contribution < -0.4 is 11.5 Å². The van der Waals surface area contributed by atoms with Gasteiger partial charge >= 0.3 is 0 Å². The Morgan fingerprint density at radius 2 is 1.06 bits per heavy atom. The van der Waals surface area contributed by atoms with Crippen LogP contribution in [0.5, 0.6) is 0 Å². The van der Waals surface area contributed by atoms with E-state index in [0.717, 1.165) is 22.5 Å². The molecule has 0 aromatic heterocycles. The van der Waals surface area contributed by atoms with Gasteiger partial charge in [-0.3, -0.25) is 0 Å². The molecule has 0 aliphatic carbocycles. The summed E-state index contributed by atoms with van der Waals surface area (Å²) in [5, 5.41) is 0. The molecule has 0 atom stereocenters. The van der Waals surface area contributed by atoms with Crippen LogP contribution in [0.25, 0.3) is 0 Å². The summed E-state index contributed by atoms with van der Waals surface area (Å²) in [7, 11) is 0. The highest BCUT2D eigenvalue weighted by Crippen LogP contribution is 2.31. The van der Waals surface area contributed by atoms with E-state index in [1.165, 1.54) is 0 Å². The van der Waals surface area contributed by atoms with Crippen molar-refractivity contribution in [3.05, 3.63) is 66.6 Å². The summed E-state index contributed by atoms with van der Waals surface area (Å²) in [6.07, 6.45) is 0. The number of rotatable bonds is 2. The van der Waals surface area contributed by atoms with Gasteiger partial charge in [0.1, 0.15) is 0 Å². The van der Waals surface area contributed by atoms with Crippen LogP contribution in [0.3, 0.4) is 0 Å². The smallest absolute Gasteiger partial charge is 0.0314 e. The van der Waals surface area contributed by atoms with Gasteiger partial charge in [-0.05, 0) is 42.3 Å². The first-order valence-electron chi connectivity index (χ1n) is 5.51. The van der Waals surface area contributed by atoms with E-state index in [4.69, 9.17) is 18.4 Å². The van der Waals surface area contributed by atoms with Crippen LogP contribution in [0, 0.1) is 6.92 Å². The van der Waals surface area contributed by atoms with E-state index in [2.05, 4.69) is 0 Å². The lowest BCUT2D eigenvalue weighted by atomic mass is 9.78. The minimum absolute atomic E-state index is 0.540. The fraction of sp³-hybridized carbons (Fsp3) is 0.133. The highest BCUT2D eigenvalue weighted by molar-refractivity contribution is 5.48. The van der Waals surface area contributed by atoms with Crippen molar-refractivity contribution in [1.82, 2.24) is 0 Å². The molecule has 0 fully saturated rings. The van der Waals surface area contributed by atoms with Gasteiger partial charge in [0.05, 0.1) is 0 Å². The largest absolute Gasteiger partial charge is 0.399 e. The third-order valence-corrected chi connectivity index (χ3v) is 3.02. The van der Waals surface area contributed by atoms with E-state index in [1.54, 1.807) is 0 Å². The summed E-state index contributed by atoms with van der Waals surface area (Å²) in [5.41, 5.74) is 14.3. The van der Waals surface area contributed by atoms with Crippen LogP contribution in [-0.4, -0.2) is 0 Å². The molecule has 0 aliphatic heterocycles. The zero-order valence-corrected chi connectivity index (χ0v) is 9.85. The highest BCUT2D eigenvalue weighted by Gasteiger charge is 2.22. The molecule has 2 aromatic rings. The van der Waals surface area contributed by atoms with E-state index in [9.17, 15) is 0 Å². The fourth-order valence-corrected chi connectivity index (χ4v) is 1.83. The number of benzene rings is 2. The second kappa shape index (κ2) is 4.13. The lowest BCUT2D eigenvalue weighted by Gasteiger charge is -2.25. The van der Waals surface area contributed by atoms with Gasteiger partial charge in [-0.2, -0.15) is 0 Å². The van der Waals surface area contributed by atoms with Crippen LogP contribution >= 0.6 is 0 Å². The maximum atomic E-state index is 6.38. The molecule has 2 heteroatoms. The Morgan fingerprint density at radius 1 is 0.765 bits per heavy atom. The van der Waals surface area contributed by atoms with E-state index in [0.29, 0.717) is 0 Å². The SMILES string of the molecule is [CH]C(C)(c1ccc(N)cc1)c1ccc(N)cc1. The Morgan fingerprint density at radius 3 is 1.35 bits per heavy atom. The molecule has 0 amide bonds. The van der Waals surface area contributed by atoms with Gasteiger partial charge in [-0.1, -0.05) is 31.2 Å². The van der Waals surface area contributed by atoms with Crippen molar-refractivity contribution in [3.63, 3.8) is 0 Å². The van der Waals surface area contributed by atoms with Crippen LogP contribution in [0.4, 0.5) is 11.4 Å². The summed E-state index contributed by atoms with van der Waals surface area (Å²) in [6, 6.07) is 15.2. The predicted octanol–water partition coefficient (Wildman–Crippen LogP) is 2.87. The van der Waals surface area contributed by atoms with Crippen molar-refractivity contribution in [1.29, 1.82) is 0 Å².